The molecule has 4 atom stereocenters. The van der Waals surface area contributed by atoms with Crippen LogP contribution in [-0.2, 0) is 14.3 Å². The Bertz CT molecular complexity index is 688. The molecule has 108 valence electrons. The number of hydrogen-bond donors (Lipinski definition) is 1. The Kier molecular flexibility index (Phi) is 2.79. The number of hydrogen-bond acceptors (Lipinski definition) is 4. The Balaban J connectivity index is 1.79. The number of aliphatic hydroxyl groups is 1. The Hall–Kier alpha value is -1.25. The summed E-state index contributed by atoms with van der Waals surface area (Å²) >= 11 is 2.14. The third-order valence-corrected chi connectivity index (χ3v) is 5.14. The first-order valence-electron chi connectivity index (χ1n) is 6.69. The van der Waals surface area contributed by atoms with Crippen LogP contribution in [-0.4, -0.2) is 35.2 Å². The van der Waals surface area contributed by atoms with E-state index in [1.54, 1.807) is 24.3 Å². The lowest BCUT2D eigenvalue weighted by atomic mass is 9.77. The molecule has 6 heteroatoms. The second kappa shape index (κ2) is 4.37. The maximum absolute atomic E-state index is 12.7. The Morgan fingerprint density at radius 2 is 2.14 bits per heavy atom. The molecule has 0 radical (unpaired) electrons. The quantitative estimate of drug-likeness (QED) is 0.461. The van der Waals surface area contributed by atoms with Gasteiger partial charge < -0.3 is 9.84 Å². The van der Waals surface area contributed by atoms with Crippen molar-refractivity contribution in [2.45, 2.75) is 11.7 Å². The van der Waals surface area contributed by atoms with Crippen molar-refractivity contribution >= 4 is 40.1 Å². The van der Waals surface area contributed by atoms with Gasteiger partial charge in [-0.3, -0.25) is 9.59 Å². The number of ether oxygens (including phenoxy) is 1. The highest BCUT2D eigenvalue weighted by Crippen LogP contribution is 2.52. The smallest absolute Gasteiger partial charge is 0.241 e. The molecule has 21 heavy (non-hydrogen) atoms. The molecule has 0 aromatic heterocycles. The minimum Gasteiger partial charge on any atom is -0.393 e. The molecule has 1 N–H and O–H groups in total. The maximum atomic E-state index is 12.7. The number of nitrogens with zero attached hydrogens (tertiary/aromatic N) is 1. The summed E-state index contributed by atoms with van der Waals surface area (Å²) in [5, 5.41) is 9.64. The van der Waals surface area contributed by atoms with E-state index in [-0.39, 0.29) is 18.4 Å². The normalized spacial score (nSPS) is 36.7. The van der Waals surface area contributed by atoms with Gasteiger partial charge in [0.15, 0.2) is 0 Å². The summed E-state index contributed by atoms with van der Waals surface area (Å²) in [5.41, 5.74) is -0.447. The molecule has 1 aromatic rings. The van der Waals surface area contributed by atoms with E-state index in [9.17, 15) is 14.7 Å². The molecule has 3 aliphatic heterocycles. The van der Waals surface area contributed by atoms with Gasteiger partial charge in [0.25, 0.3) is 0 Å². The number of amides is 2. The number of rotatable bonds is 2. The zero-order valence-corrected chi connectivity index (χ0v) is 13.1. The van der Waals surface area contributed by atoms with Crippen LogP contribution in [0, 0.1) is 15.4 Å². The highest BCUT2D eigenvalue weighted by atomic mass is 127. The largest absolute Gasteiger partial charge is 0.393 e. The molecule has 0 spiro atoms. The molecule has 2 saturated heterocycles. The lowest BCUT2D eigenvalue weighted by Gasteiger charge is -2.26. The van der Waals surface area contributed by atoms with Crippen molar-refractivity contribution in [2.75, 3.05) is 11.5 Å². The van der Waals surface area contributed by atoms with E-state index in [2.05, 4.69) is 22.6 Å². The van der Waals surface area contributed by atoms with Crippen molar-refractivity contribution in [1.82, 2.24) is 0 Å². The van der Waals surface area contributed by atoms with Crippen molar-refractivity contribution in [3.63, 3.8) is 0 Å². The van der Waals surface area contributed by atoms with Crippen molar-refractivity contribution < 1.29 is 19.4 Å². The number of benzene rings is 1. The van der Waals surface area contributed by atoms with Gasteiger partial charge in [-0.1, -0.05) is 18.2 Å². The molecule has 5 nitrogen and oxygen atoms in total. The third kappa shape index (κ3) is 1.63. The summed E-state index contributed by atoms with van der Waals surface area (Å²) in [4.78, 5) is 26.6. The van der Waals surface area contributed by atoms with Crippen molar-refractivity contribution in [2.24, 2.45) is 11.8 Å². The van der Waals surface area contributed by atoms with Gasteiger partial charge >= 0.3 is 0 Å². The van der Waals surface area contributed by atoms with Crippen LogP contribution in [0.1, 0.15) is 0 Å². The molecule has 3 aliphatic rings. The van der Waals surface area contributed by atoms with Gasteiger partial charge in [-0.05, 0) is 40.8 Å². The summed E-state index contributed by atoms with van der Waals surface area (Å²) in [5.74, 6) is -1.67. The fraction of sp³-hybridized carbons (Fsp3) is 0.333. The first-order valence-corrected chi connectivity index (χ1v) is 7.77. The number of carbonyl (C=O) groups excluding carboxylic acids is 2. The summed E-state index contributed by atoms with van der Waals surface area (Å²) in [6.45, 7) is -0.291. The van der Waals surface area contributed by atoms with Crippen molar-refractivity contribution in [1.29, 1.82) is 0 Å². The summed E-state index contributed by atoms with van der Waals surface area (Å²) in [6.07, 6.45) is 3.09. The average molecular weight is 397 g/mol. The third-order valence-electron chi connectivity index (χ3n) is 4.47. The highest BCUT2D eigenvalue weighted by molar-refractivity contribution is 14.1. The number of imide groups is 1. The molecule has 1 aromatic carbocycles. The van der Waals surface area contributed by atoms with E-state index in [1.165, 1.54) is 4.90 Å². The van der Waals surface area contributed by atoms with Gasteiger partial charge in [-0.2, -0.15) is 0 Å². The summed E-state index contributed by atoms with van der Waals surface area (Å²) < 4.78 is 6.65. The minimum atomic E-state index is -1.03. The first-order chi connectivity index (χ1) is 10.1. The zero-order valence-electron chi connectivity index (χ0n) is 10.9. The number of aliphatic hydroxyl groups excluding tert-OH is 1. The van der Waals surface area contributed by atoms with Gasteiger partial charge in [-0.25, -0.2) is 4.90 Å². The van der Waals surface area contributed by atoms with E-state index in [0.29, 0.717) is 5.69 Å². The van der Waals surface area contributed by atoms with Crippen molar-refractivity contribution in [3.05, 3.63) is 40.0 Å². The predicted molar refractivity (Wildman–Crippen MR) is 82.5 cm³/mol. The first kappa shape index (κ1) is 13.4. The van der Waals surface area contributed by atoms with Crippen LogP contribution < -0.4 is 4.90 Å². The van der Waals surface area contributed by atoms with Crippen LogP contribution >= 0.6 is 22.6 Å². The Morgan fingerprint density at radius 1 is 1.33 bits per heavy atom. The minimum absolute atomic E-state index is 0.239. The Labute approximate surface area is 134 Å². The van der Waals surface area contributed by atoms with Gasteiger partial charge in [0.1, 0.15) is 5.60 Å². The number of fused-ring (bicyclic) bond motifs is 5. The van der Waals surface area contributed by atoms with Crippen LogP contribution in [0.25, 0.3) is 0 Å². The average Bonchev–Trinajstić information content (AvgIpc) is 3.10. The van der Waals surface area contributed by atoms with Crippen LogP contribution in [0.3, 0.4) is 0 Å². The van der Waals surface area contributed by atoms with Crippen molar-refractivity contribution in [3.8, 4) is 0 Å². The van der Waals surface area contributed by atoms with E-state index in [1.807, 2.05) is 12.1 Å². The van der Waals surface area contributed by atoms with Gasteiger partial charge in [-0.15, -0.1) is 0 Å². The van der Waals surface area contributed by atoms with Gasteiger partial charge in [0.05, 0.1) is 30.2 Å². The summed E-state index contributed by atoms with van der Waals surface area (Å²) in [7, 11) is 0. The second-order valence-corrected chi connectivity index (χ2v) is 6.80. The molecule has 4 rings (SSSR count). The maximum Gasteiger partial charge on any atom is 0.241 e. The fourth-order valence-electron chi connectivity index (χ4n) is 3.55. The molecular weight excluding hydrogens is 385 g/mol. The van der Waals surface area contributed by atoms with Gasteiger partial charge in [0, 0.05) is 3.57 Å². The van der Waals surface area contributed by atoms with Crippen LogP contribution in [0.4, 0.5) is 5.69 Å². The molecular formula is C15H12INO4. The molecule has 2 amide bonds. The van der Waals surface area contributed by atoms with Crippen LogP contribution in [0.2, 0.25) is 0 Å². The van der Waals surface area contributed by atoms with Crippen LogP contribution in [0.5, 0.6) is 0 Å². The van der Waals surface area contributed by atoms with E-state index >= 15 is 0 Å². The SMILES string of the molecule is O=C1[C@H]2[C@@H](C(=O)N1c1cccc(I)c1)[C@@]1(CO)C=C[C@H]2O1. The second-order valence-electron chi connectivity index (χ2n) is 5.55. The van der Waals surface area contributed by atoms with E-state index in [4.69, 9.17) is 4.74 Å². The number of anilines is 1. The number of halogens is 1. The van der Waals surface area contributed by atoms with Crippen LogP contribution in [0.15, 0.2) is 36.4 Å². The zero-order chi connectivity index (χ0) is 14.8. The van der Waals surface area contributed by atoms with Gasteiger partial charge in [0.2, 0.25) is 11.8 Å². The standard InChI is InChI=1S/C15H12INO4/c16-8-2-1-3-9(6-8)17-13(19)11-10-4-5-15(7-18,21-10)12(11)14(17)20/h1-6,10-12,18H,7H2/t10-,11-,12+,15+/m1/s1. The van der Waals surface area contributed by atoms with E-state index in [0.717, 1.165) is 3.57 Å². The molecule has 2 bridgehead atoms. The molecule has 0 unspecified atom stereocenters. The lowest BCUT2D eigenvalue weighted by Crippen LogP contribution is -2.43. The number of carbonyl (C=O) groups is 2. The lowest BCUT2D eigenvalue weighted by molar-refractivity contribution is -0.128. The van der Waals surface area contributed by atoms with E-state index < -0.39 is 23.5 Å². The predicted octanol–water partition coefficient (Wildman–Crippen LogP) is 1.10. The molecule has 3 heterocycles. The molecule has 2 fully saturated rings. The molecule has 0 saturated carbocycles. The molecule has 0 aliphatic carbocycles. The highest BCUT2D eigenvalue weighted by Gasteiger charge is 2.67. The monoisotopic (exact) mass is 397 g/mol. The summed E-state index contributed by atoms with van der Waals surface area (Å²) in [6, 6.07) is 7.27. The Morgan fingerprint density at radius 3 is 2.86 bits per heavy atom. The topological polar surface area (TPSA) is 66.8 Å². The fourth-order valence-corrected chi connectivity index (χ4v) is 4.08.